The minimum absolute atomic E-state index is 0.257. The Morgan fingerprint density at radius 2 is 2.42 bits per heavy atom. The first-order valence-corrected chi connectivity index (χ1v) is 4.25. The van der Waals surface area contributed by atoms with Gasteiger partial charge in [0, 0.05) is 0 Å². The Kier molecular flexibility index (Phi) is 1.74. The van der Waals surface area contributed by atoms with Crippen molar-refractivity contribution in [1.82, 2.24) is 9.36 Å². The van der Waals surface area contributed by atoms with Crippen molar-refractivity contribution in [2.75, 3.05) is 5.73 Å². The Morgan fingerprint density at radius 1 is 1.58 bits per heavy atom. The zero-order chi connectivity index (χ0) is 8.55. The summed E-state index contributed by atoms with van der Waals surface area (Å²) in [6.45, 7) is 0. The monoisotopic (exact) mass is 201 g/mol. The van der Waals surface area contributed by atoms with E-state index in [0.29, 0.717) is 10.2 Å². The van der Waals surface area contributed by atoms with E-state index in [-0.39, 0.29) is 5.95 Å². The smallest absolute Gasteiger partial charge is 0.232 e. The molecule has 2 rings (SSSR count). The lowest BCUT2D eigenvalue weighted by Crippen LogP contribution is -1.85. The van der Waals surface area contributed by atoms with E-state index in [4.69, 9.17) is 21.8 Å². The first-order chi connectivity index (χ1) is 5.77. The molecule has 0 amide bonds. The van der Waals surface area contributed by atoms with Gasteiger partial charge in [-0.3, -0.25) is 0 Å². The summed E-state index contributed by atoms with van der Waals surface area (Å²) >= 11 is 6.91. The van der Waals surface area contributed by atoms with Crippen molar-refractivity contribution < 1.29 is 4.42 Å². The molecule has 0 aliphatic carbocycles. The molecule has 2 N–H and O–H groups in total. The molecule has 0 aliphatic heterocycles. The van der Waals surface area contributed by atoms with Gasteiger partial charge in [-0.05, 0) is 29.2 Å². The van der Waals surface area contributed by atoms with E-state index in [2.05, 4.69) is 9.36 Å². The second-order valence-corrected chi connectivity index (χ2v) is 3.16. The minimum Gasteiger partial charge on any atom is -0.452 e. The maximum absolute atomic E-state index is 5.71. The second-order valence-electron chi connectivity index (χ2n) is 2.07. The number of anilines is 1. The zero-order valence-corrected chi connectivity index (χ0v) is 7.39. The summed E-state index contributed by atoms with van der Waals surface area (Å²) in [7, 11) is 0. The van der Waals surface area contributed by atoms with Gasteiger partial charge >= 0.3 is 0 Å². The Bertz CT molecular complexity index is 397. The van der Waals surface area contributed by atoms with Crippen molar-refractivity contribution in [3.63, 3.8) is 0 Å². The molecule has 62 valence electrons. The number of nitrogen functional groups attached to an aromatic ring is 1. The maximum Gasteiger partial charge on any atom is 0.232 e. The molecule has 0 spiro atoms. The molecule has 2 heterocycles. The van der Waals surface area contributed by atoms with Gasteiger partial charge in [-0.1, -0.05) is 0 Å². The van der Waals surface area contributed by atoms with Gasteiger partial charge in [-0.15, -0.1) is 0 Å². The summed E-state index contributed by atoms with van der Waals surface area (Å²) in [6, 6.07) is 1.72. The predicted octanol–water partition coefficient (Wildman–Crippen LogP) is 2.03. The topological polar surface area (TPSA) is 64.9 Å². The third-order valence-corrected chi connectivity index (χ3v) is 2.35. The van der Waals surface area contributed by atoms with Gasteiger partial charge in [0.15, 0.2) is 5.01 Å². The van der Waals surface area contributed by atoms with Gasteiger partial charge in [0.25, 0.3) is 0 Å². The summed E-state index contributed by atoms with van der Waals surface area (Å²) in [4.78, 5) is 3.95. The number of aromatic nitrogens is 2. The van der Waals surface area contributed by atoms with Gasteiger partial charge in [0.2, 0.25) is 11.2 Å². The minimum atomic E-state index is 0.257. The van der Waals surface area contributed by atoms with Gasteiger partial charge in [0.1, 0.15) is 0 Å². The van der Waals surface area contributed by atoms with E-state index >= 15 is 0 Å². The molecular formula is C6H4ClN3OS. The summed E-state index contributed by atoms with van der Waals surface area (Å²) in [5, 5.41) is 0.984. The van der Waals surface area contributed by atoms with Crippen LogP contribution in [-0.2, 0) is 0 Å². The average Bonchev–Trinajstić information content (AvgIpc) is 2.58. The van der Waals surface area contributed by atoms with E-state index in [0.717, 1.165) is 5.56 Å². The first-order valence-electron chi connectivity index (χ1n) is 3.10. The van der Waals surface area contributed by atoms with Gasteiger partial charge in [0.05, 0.1) is 11.8 Å². The fraction of sp³-hybridized carbons (Fsp3) is 0. The van der Waals surface area contributed by atoms with Crippen LogP contribution in [0.5, 0.6) is 0 Å². The zero-order valence-electron chi connectivity index (χ0n) is 5.82. The van der Waals surface area contributed by atoms with Crippen molar-refractivity contribution in [2.24, 2.45) is 0 Å². The quantitative estimate of drug-likeness (QED) is 0.767. The van der Waals surface area contributed by atoms with Crippen LogP contribution in [0.4, 0.5) is 5.95 Å². The summed E-state index contributed by atoms with van der Waals surface area (Å²) in [6.07, 6.45) is 1.50. The Labute approximate surface area is 77.1 Å². The average molecular weight is 202 g/mol. The number of halogens is 1. The first kappa shape index (κ1) is 7.57. The van der Waals surface area contributed by atoms with Crippen molar-refractivity contribution in [1.29, 1.82) is 0 Å². The normalized spacial score (nSPS) is 10.4. The largest absolute Gasteiger partial charge is 0.452 e. The molecule has 0 saturated heterocycles. The molecule has 0 saturated carbocycles. The van der Waals surface area contributed by atoms with Gasteiger partial charge < -0.3 is 10.2 Å². The van der Waals surface area contributed by atoms with Crippen LogP contribution in [0, 0.1) is 0 Å². The fourth-order valence-corrected chi connectivity index (χ4v) is 1.66. The van der Waals surface area contributed by atoms with E-state index in [9.17, 15) is 0 Å². The SMILES string of the molecule is Nc1nsc(-c2ccoc2Cl)n1. The molecule has 0 unspecified atom stereocenters. The number of nitrogens with zero attached hydrogens (tertiary/aromatic N) is 2. The van der Waals surface area contributed by atoms with E-state index < -0.39 is 0 Å². The Balaban J connectivity index is 2.50. The third kappa shape index (κ3) is 1.17. The van der Waals surface area contributed by atoms with Crippen LogP contribution in [0.15, 0.2) is 16.7 Å². The van der Waals surface area contributed by atoms with Gasteiger partial charge in [-0.25, -0.2) is 0 Å². The molecule has 2 aromatic heterocycles. The van der Waals surface area contributed by atoms with Crippen LogP contribution < -0.4 is 5.73 Å². The predicted molar refractivity (Wildman–Crippen MR) is 47.0 cm³/mol. The molecular weight excluding hydrogens is 198 g/mol. The third-order valence-electron chi connectivity index (χ3n) is 1.29. The molecule has 0 bridgehead atoms. The lowest BCUT2D eigenvalue weighted by Gasteiger charge is -1.86. The van der Waals surface area contributed by atoms with Crippen molar-refractivity contribution in [2.45, 2.75) is 0 Å². The molecule has 4 nitrogen and oxygen atoms in total. The van der Waals surface area contributed by atoms with Crippen molar-refractivity contribution in [3.8, 4) is 10.6 Å². The van der Waals surface area contributed by atoms with Crippen LogP contribution in [0.3, 0.4) is 0 Å². The summed E-state index contributed by atoms with van der Waals surface area (Å²) in [5.74, 6) is 0.257. The van der Waals surface area contributed by atoms with Crippen molar-refractivity contribution in [3.05, 3.63) is 17.5 Å². The molecule has 0 aliphatic rings. The lowest BCUT2D eigenvalue weighted by molar-refractivity contribution is 0.570. The number of hydrogen-bond donors (Lipinski definition) is 1. The van der Waals surface area contributed by atoms with Crippen LogP contribution >= 0.6 is 23.1 Å². The summed E-state index contributed by atoms with van der Waals surface area (Å²) in [5.41, 5.74) is 6.08. The molecule has 0 fully saturated rings. The van der Waals surface area contributed by atoms with Gasteiger partial charge in [-0.2, -0.15) is 9.36 Å². The summed E-state index contributed by atoms with van der Waals surface area (Å²) < 4.78 is 8.71. The van der Waals surface area contributed by atoms with Crippen LogP contribution in [-0.4, -0.2) is 9.36 Å². The molecule has 12 heavy (non-hydrogen) atoms. The number of furan rings is 1. The Hall–Kier alpha value is -1.07. The van der Waals surface area contributed by atoms with Crippen LogP contribution in [0.1, 0.15) is 0 Å². The molecule has 6 heteroatoms. The van der Waals surface area contributed by atoms with Crippen molar-refractivity contribution >= 4 is 29.1 Å². The number of hydrogen-bond acceptors (Lipinski definition) is 5. The van der Waals surface area contributed by atoms with Crippen LogP contribution in [0.25, 0.3) is 10.6 Å². The highest BCUT2D eigenvalue weighted by Gasteiger charge is 2.10. The highest BCUT2D eigenvalue weighted by molar-refractivity contribution is 7.09. The molecule has 0 atom stereocenters. The molecule has 2 aromatic rings. The Morgan fingerprint density at radius 3 is 2.92 bits per heavy atom. The van der Waals surface area contributed by atoms with E-state index in [1.807, 2.05) is 0 Å². The van der Waals surface area contributed by atoms with Crippen LogP contribution in [0.2, 0.25) is 5.22 Å². The lowest BCUT2D eigenvalue weighted by atomic mass is 10.4. The highest BCUT2D eigenvalue weighted by Crippen LogP contribution is 2.29. The van der Waals surface area contributed by atoms with E-state index in [1.165, 1.54) is 17.8 Å². The molecule has 0 radical (unpaired) electrons. The van der Waals surface area contributed by atoms with E-state index in [1.54, 1.807) is 6.07 Å². The number of rotatable bonds is 1. The standard InChI is InChI=1S/C6H4ClN3OS/c7-4-3(1-2-11-4)5-9-6(8)10-12-5/h1-2H,(H2,8,10). The fourth-order valence-electron chi connectivity index (χ4n) is 0.790. The highest BCUT2D eigenvalue weighted by atomic mass is 35.5. The maximum atomic E-state index is 5.71. The second kappa shape index (κ2) is 2.76. The molecule has 0 aromatic carbocycles. The number of nitrogens with two attached hydrogens (primary N) is 1.